The van der Waals surface area contributed by atoms with Crippen LogP contribution in [0, 0.1) is 5.41 Å². The highest BCUT2D eigenvalue weighted by Crippen LogP contribution is 2.31. The van der Waals surface area contributed by atoms with Gasteiger partial charge in [-0.25, -0.2) is 4.98 Å². The number of rotatable bonds is 7. The molecule has 0 aromatic carbocycles. The summed E-state index contributed by atoms with van der Waals surface area (Å²) in [5.41, 5.74) is 1.69. The van der Waals surface area contributed by atoms with Crippen molar-refractivity contribution in [3.05, 3.63) is 16.1 Å². The molecule has 0 aliphatic heterocycles. The Hall–Kier alpha value is -0.410. The Morgan fingerprint density at radius 1 is 1.25 bits per heavy atom. The van der Waals surface area contributed by atoms with Gasteiger partial charge >= 0.3 is 0 Å². The van der Waals surface area contributed by atoms with Crippen LogP contribution in [0.1, 0.15) is 72.0 Å². The summed E-state index contributed by atoms with van der Waals surface area (Å²) in [6.45, 7) is 17.0. The first-order valence-electron chi connectivity index (χ1n) is 7.82. The minimum Gasteiger partial charge on any atom is -0.314 e. The van der Waals surface area contributed by atoms with Gasteiger partial charge in [-0.15, -0.1) is 11.3 Å². The van der Waals surface area contributed by atoms with Crippen molar-refractivity contribution in [3.63, 3.8) is 0 Å². The van der Waals surface area contributed by atoms with Crippen LogP contribution in [0.15, 0.2) is 5.38 Å². The van der Waals surface area contributed by atoms with Gasteiger partial charge in [-0.05, 0) is 31.7 Å². The number of nitrogens with zero attached hydrogens (tertiary/aromatic N) is 1. The summed E-state index contributed by atoms with van der Waals surface area (Å²) >= 11 is 1.82. The molecular weight excluding hydrogens is 264 g/mol. The van der Waals surface area contributed by atoms with E-state index in [1.54, 1.807) is 0 Å². The summed E-state index contributed by atoms with van der Waals surface area (Å²) in [5.74, 6) is 0. The fourth-order valence-electron chi connectivity index (χ4n) is 2.51. The quantitative estimate of drug-likeness (QED) is 0.782. The van der Waals surface area contributed by atoms with Gasteiger partial charge in [0.25, 0.3) is 0 Å². The molecule has 0 saturated heterocycles. The van der Waals surface area contributed by atoms with Crippen LogP contribution < -0.4 is 5.32 Å². The standard InChI is InChI=1S/C17H32N2S/c1-8-9-18-13(2)10-17(6,7)11-15-19-14(12-20-15)16(3,4)5/h12-13,18H,8-11H2,1-7H3. The van der Waals surface area contributed by atoms with Crippen LogP contribution in [0.4, 0.5) is 0 Å². The van der Waals surface area contributed by atoms with Gasteiger partial charge in [0.2, 0.25) is 0 Å². The summed E-state index contributed by atoms with van der Waals surface area (Å²) in [4.78, 5) is 4.83. The SMILES string of the molecule is CCCNC(C)CC(C)(C)Cc1nc(C(C)(C)C)cs1. The van der Waals surface area contributed by atoms with E-state index >= 15 is 0 Å². The molecule has 1 atom stereocenters. The molecule has 0 spiro atoms. The third-order valence-corrected chi connectivity index (χ3v) is 4.40. The molecule has 1 heterocycles. The van der Waals surface area contributed by atoms with E-state index in [4.69, 9.17) is 4.98 Å². The third-order valence-electron chi connectivity index (χ3n) is 3.55. The molecule has 2 nitrogen and oxygen atoms in total. The Morgan fingerprint density at radius 2 is 1.90 bits per heavy atom. The van der Waals surface area contributed by atoms with Crippen molar-refractivity contribution in [1.82, 2.24) is 10.3 Å². The van der Waals surface area contributed by atoms with Crippen molar-refractivity contribution in [2.75, 3.05) is 6.54 Å². The van der Waals surface area contributed by atoms with E-state index in [2.05, 4.69) is 59.2 Å². The van der Waals surface area contributed by atoms with Crippen LogP contribution in [-0.4, -0.2) is 17.6 Å². The van der Waals surface area contributed by atoms with Crippen molar-refractivity contribution < 1.29 is 0 Å². The smallest absolute Gasteiger partial charge is 0.0933 e. The Bertz CT molecular complexity index is 401. The van der Waals surface area contributed by atoms with Crippen molar-refractivity contribution in [2.45, 2.75) is 79.2 Å². The maximum atomic E-state index is 4.83. The molecule has 1 aromatic rings. The molecule has 0 aliphatic carbocycles. The molecule has 20 heavy (non-hydrogen) atoms. The average molecular weight is 297 g/mol. The van der Waals surface area contributed by atoms with Gasteiger partial charge in [0.1, 0.15) is 0 Å². The molecule has 0 aliphatic rings. The number of thiazole rings is 1. The fraction of sp³-hybridized carbons (Fsp3) is 0.824. The summed E-state index contributed by atoms with van der Waals surface area (Å²) in [5, 5.41) is 7.09. The van der Waals surface area contributed by atoms with Gasteiger partial charge < -0.3 is 5.32 Å². The molecule has 3 heteroatoms. The molecule has 1 aromatic heterocycles. The minimum absolute atomic E-state index is 0.162. The monoisotopic (exact) mass is 296 g/mol. The molecule has 0 fully saturated rings. The van der Waals surface area contributed by atoms with Gasteiger partial charge in [0.05, 0.1) is 10.7 Å². The molecule has 0 radical (unpaired) electrons. The highest BCUT2D eigenvalue weighted by atomic mass is 32.1. The summed E-state index contributed by atoms with van der Waals surface area (Å²) in [6.07, 6.45) is 3.47. The van der Waals surface area contributed by atoms with E-state index in [9.17, 15) is 0 Å². The number of nitrogens with one attached hydrogen (secondary N) is 1. The van der Waals surface area contributed by atoms with Gasteiger partial charge in [-0.2, -0.15) is 0 Å². The zero-order valence-electron chi connectivity index (χ0n) is 14.3. The van der Waals surface area contributed by atoms with Crippen LogP contribution in [0.2, 0.25) is 0 Å². The van der Waals surface area contributed by atoms with E-state index in [1.165, 1.54) is 23.5 Å². The highest BCUT2D eigenvalue weighted by molar-refractivity contribution is 7.09. The van der Waals surface area contributed by atoms with Crippen LogP contribution in [0.25, 0.3) is 0 Å². The maximum absolute atomic E-state index is 4.83. The molecular formula is C17H32N2S. The maximum Gasteiger partial charge on any atom is 0.0933 e. The van der Waals surface area contributed by atoms with E-state index in [-0.39, 0.29) is 5.41 Å². The summed E-state index contributed by atoms with van der Waals surface area (Å²) < 4.78 is 0. The van der Waals surface area contributed by atoms with Crippen molar-refractivity contribution in [2.24, 2.45) is 5.41 Å². The lowest BCUT2D eigenvalue weighted by Gasteiger charge is -2.28. The molecule has 116 valence electrons. The van der Waals surface area contributed by atoms with Crippen molar-refractivity contribution in [3.8, 4) is 0 Å². The van der Waals surface area contributed by atoms with Crippen LogP contribution in [0.5, 0.6) is 0 Å². The zero-order chi connectivity index (χ0) is 15.4. The third kappa shape index (κ3) is 5.92. The summed E-state index contributed by atoms with van der Waals surface area (Å²) in [6, 6.07) is 0.576. The first kappa shape index (κ1) is 17.6. The van der Waals surface area contributed by atoms with Gasteiger partial charge in [-0.1, -0.05) is 41.5 Å². The van der Waals surface area contributed by atoms with Crippen molar-refractivity contribution >= 4 is 11.3 Å². The lowest BCUT2D eigenvalue weighted by atomic mass is 9.83. The first-order chi connectivity index (χ1) is 9.14. The van der Waals surface area contributed by atoms with E-state index in [0.29, 0.717) is 11.5 Å². The molecule has 1 rings (SSSR count). The molecule has 0 bridgehead atoms. The van der Waals surface area contributed by atoms with Gasteiger partial charge in [0.15, 0.2) is 0 Å². The minimum atomic E-state index is 0.162. The Kier molecular flexibility index (Phi) is 6.21. The number of hydrogen-bond donors (Lipinski definition) is 1. The largest absolute Gasteiger partial charge is 0.314 e. The molecule has 0 amide bonds. The Balaban J connectivity index is 2.59. The highest BCUT2D eigenvalue weighted by Gasteiger charge is 2.24. The van der Waals surface area contributed by atoms with E-state index < -0.39 is 0 Å². The molecule has 1 unspecified atom stereocenters. The zero-order valence-corrected chi connectivity index (χ0v) is 15.2. The molecule has 0 saturated carbocycles. The second-order valence-electron chi connectivity index (χ2n) is 7.78. The van der Waals surface area contributed by atoms with Crippen molar-refractivity contribution in [1.29, 1.82) is 0 Å². The van der Waals surface area contributed by atoms with Gasteiger partial charge in [0, 0.05) is 23.3 Å². The van der Waals surface area contributed by atoms with E-state index in [0.717, 1.165) is 13.0 Å². The molecule has 1 N–H and O–H groups in total. The van der Waals surface area contributed by atoms with E-state index in [1.807, 2.05) is 11.3 Å². The second kappa shape index (κ2) is 7.04. The predicted molar refractivity (Wildman–Crippen MR) is 90.7 cm³/mol. The van der Waals surface area contributed by atoms with Gasteiger partial charge in [-0.3, -0.25) is 0 Å². The van der Waals surface area contributed by atoms with Crippen LogP contribution >= 0.6 is 11.3 Å². The average Bonchev–Trinajstić information content (AvgIpc) is 2.72. The number of hydrogen-bond acceptors (Lipinski definition) is 3. The summed E-state index contributed by atoms with van der Waals surface area (Å²) in [7, 11) is 0. The normalized spacial score (nSPS) is 14.6. The topological polar surface area (TPSA) is 24.9 Å². The number of aromatic nitrogens is 1. The lowest BCUT2D eigenvalue weighted by molar-refractivity contribution is 0.286. The predicted octanol–water partition coefficient (Wildman–Crippen LogP) is 4.79. The van der Waals surface area contributed by atoms with Crippen LogP contribution in [0.3, 0.4) is 0 Å². The fourth-order valence-corrected chi connectivity index (χ4v) is 3.79. The lowest BCUT2D eigenvalue weighted by Crippen LogP contribution is -2.32. The Morgan fingerprint density at radius 3 is 2.40 bits per heavy atom. The first-order valence-corrected chi connectivity index (χ1v) is 8.70. The van der Waals surface area contributed by atoms with Crippen LogP contribution in [-0.2, 0) is 11.8 Å². The Labute approximate surface area is 129 Å². The second-order valence-corrected chi connectivity index (χ2v) is 8.72.